The molecule has 1 aromatic rings. The standard InChI is InChI=1S/C13H19Cl2NO3/c14-11-4-3-5-12(15)13(11)19-9-10(18)8-16-6-1-2-7-17/h3-5,10,16-18H,1-2,6-9H2. The molecular formula is C13H19Cl2NO3. The predicted molar refractivity (Wildman–Crippen MR) is 77.2 cm³/mol. The molecule has 0 amide bonds. The van der Waals surface area contributed by atoms with Crippen molar-refractivity contribution in [2.75, 3.05) is 26.3 Å². The molecule has 1 rings (SSSR count). The molecule has 0 spiro atoms. The summed E-state index contributed by atoms with van der Waals surface area (Å²) in [4.78, 5) is 0. The first-order valence-corrected chi connectivity index (χ1v) is 6.97. The normalized spacial score (nSPS) is 12.4. The maximum Gasteiger partial charge on any atom is 0.156 e. The molecule has 0 aliphatic rings. The second-order valence-corrected chi connectivity index (χ2v) is 4.96. The first kappa shape index (κ1) is 16.5. The summed E-state index contributed by atoms with van der Waals surface area (Å²) in [7, 11) is 0. The molecule has 108 valence electrons. The smallest absolute Gasteiger partial charge is 0.156 e. The van der Waals surface area contributed by atoms with Crippen LogP contribution in [0, 0.1) is 0 Å². The van der Waals surface area contributed by atoms with E-state index in [4.69, 9.17) is 33.0 Å². The van der Waals surface area contributed by atoms with Crippen LogP contribution in [0.3, 0.4) is 0 Å². The fourth-order valence-corrected chi connectivity index (χ4v) is 2.00. The van der Waals surface area contributed by atoms with E-state index in [9.17, 15) is 5.11 Å². The van der Waals surface area contributed by atoms with Gasteiger partial charge < -0.3 is 20.3 Å². The SMILES string of the molecule is OCCCCNCC(O)COc1c(Cl)cccc1Cl. The van der Waals surface area contributed by atoms with Gasteiger partial charge in [0.1, 0.15) is 12.7 Å². The van der Waals surface area contributed by atoms with E-state index in [1.807, 2.05) is 0 Å². The van der Waals surface area contributed by atoms with Crippen LogP contribution in [0.2, 0.25) is 10.0 Å². The van der Waals surface area contributed by atoms with Crippen molar-refractivity contribution in [3.63, 3.8) is 0 Å². The predicted octanol–water partition coefficient (Wildman–Crippen LogP) is 2.10. The van der Waals surface area contributed by atoms with Crippen LogP contribution in [0.4, 0.5) is 0 Å². The lowest BCUT2D eigenvalue weighted by Crippen LogP contribution is -2.32. The van der Waals surface area contributed by atoms with Gasteiger partial charge in [-0.1, -0.05) is 29.3 Å². The van der Waals surface area contributed by atoms with E-state index in [0.717, 1.165) is 19.4 Å². The van der Waals surface area contributed by atoms with E-state index in [-0.39, 0.29) is 13.2 Å². The van der Waals surface area contributed by atoms with E-state index < -0.39 is 6.10 Å². The van der Waals surface area contributed by atoms with Crippen molar-refractivity contribution in [3.05, 3.63) is 28.2 Å². The molecule has 4 nitrogen and oxygen atoms in total. The first-order chi connectivity index (χ1) is 9.15. The van der Waals surface area contributed by atoms with Crippen molar-refractivity contribution in [3.8, 4) is 5.75 Å². The van der Waals surface area contributed by atoms with Crippen molar-refractivity contribution in [2.45, 2.75) is 18.9 Å². The quantitative estimate of drug-likeness (QED) is 0.611. The Kier molecular flexibility index (Phi) is 8.18. The van der Waals surface area contributed by atoms with Gasteiger partial charge in [-0.3, -0.25) is 0 Å². The lowest BCUT2D eigenvalue weighted by atomic mass is 10.3. The Morgan fingerprint density at radius 3 is 2.53 bits per heavy atom. The molecule has 3 N–H and O–H groups in total. The lowest BCUT2D eigenvalue weighted by molar-refractivity contribution is 0.106. The summed E-state index contributed by atoms with van der Waals surface area (Å²) >= 11 is 11.9. The summed E-state index contributed by atoms with van der Waals surface area (Å²) in [6, 6.07) is 5.10. The molecule has 0 aliphatic carbocycles. The molecule has 1 atom stereocenters. The molecule has 0 saturated heterocycles. The van der Waals surface area contributed by atoms with Gasteiger partial charge in [0.05, 0.1) is 10.0 Å². The van der Waals surface area contributed by atoms with Crippen LogP contribution in [-0.4, -0.2) is 42.6 Å². The van der Waals surface area contributed by atoms with Crippen LogP contribution >= 0.6 is 23.2 Å². The highest BCUT2D eigenvalue weighted by Crippen LogP contribution is 2.32. The third-order valence-electron chi connectivity index (χ3n) is 2.48. The Balaban J connectivity index is 2.24. The number of aliphatic hydroxyl groups is 2. The summed E-state index contributed by atoms with van der Waals surface area (Å²) in [5.74, 6) is 0.394. The van der Waals surface area contributed by atoms with Crippen LogP contribution in [0.25, 0.3) is 0 Å². The van der Waals surface area contributed by atoms with Gasteiger partial charge in [-0.05, 0) is 31.5 Å². The number of halogens is 2. The summed E-state index contributed by atoms with van der Waals surface area (Å²) in [6.45, 7) is 1.49. The zero-order chi connectivity index (χ0) is 14.1. The lowest BCUT2D eigenvalue weighted by Gasteiger charge is -2.14. The number of para-hydroxylation sites is 1. The van der Waals surface area contributed by atoms with Crippen LogP contribution in [0.15, 0.2) is 18.2 Å². The molecule has 19 heavy (non-hydrogen) atoms. The maximum atomic E-state index is 9.73. The minimum atomic E-state index is -0.638. The zero-order valence-electron chi connectivity index (χ0n) is 10.6. The molecule has 6 heteroatoms. The van der Waals surface area contributed by atoms with Gasteiger partial charge in [0.2, 0.25) is 0 Å². The number of ether oxygens (including phenoxy) is 1. The molecule has 0 radical (unpaired) electrons. The first-order valence-electron chi connectivity index (χ1n) is 6.21. The van der Waals surface area contributed by atoms with Crippen LogP contribution in [-0.2, 0) is 0 Å². The van der Waals surface area contributed by atoms with E-state index >= 15 is 0 Å². The number of hydrogen-bond acceptors (Lipinski definition) is 4. The van der Waals surface area contributed by atoms with Gasteiger partial charge in [-0.15, -0.1) is 0 Å². The summed E-state index contributed by atoms with van der Waals surface area (Å²) < 4.78 is 5.41. The second kappa shape index (κ2) is 9.39. The number of nitrogens with one attached hydrogen (secondary N) is 1. The number of benzene rings is 1. The molecule has 0 aromatic heterocycles. The summed E-state index contributed by atoms with van der Waals surface area (Å²) in [5, 5.41) is 22.3. The van der Waals surface area contributed by atoms with Gasteiger partial charge in [0.15, 0.2) is 5.75 Å². The summed E-state index contributed by atoms with van der Waals surface area (Å²) in [5.41, 5.74) is 0. The van der Waals surface area contributed by atoms with E-state index in [2.05, 4.69) is 5.32 Å². The highest BCUT2D eigenvalue weighted by Gasteiger charge is 2.10. The minimum absolute atomic E-state index is 0.121. The third kappa shape index (κ3) is 6.45. The van der Waals surface area contributed by atoms with Crippen molar-refractivity contribution in [1.29, 1.82) is 0 Å². The van der Waals surface area contributed by atoms with Crippen molar-refractivity contribution in [1.82, 2.24) is 5.32 Å². The van der Waals surface area contributed by atoms with E-state index in [1.165, 1.54) is 0 Å². The number of rotatable bonds is 9. The Labute approximate surface area is 123 Å². The number of hydrogen-bond donors (Lipinski definition) is 3. The topological polar surface area (TPSA) is 61.7 Å². The monoisotopic (exact) mass is 307 g/mol. The highest BCUT2D eigenvalue weighted by molar-refractivity contribution is 6.37. The van der Waals surface area contributed by atoms with Crippen molar-refractivity contribution >= 4 is 23.2 Å². The highest BCUT2D eigenvalue weighted by atomic mass is 35.5. The van der Waals surface area contributed by atoms with Crippen LogP contribution < -0.4 is 10.1 Å². The Bertz CT molecular complexity index is 357. The van der Waals surface area contributed by atoms with Gasteiger partial charge >= 0.3 is 0 Å². The largest absolute Gasteiger partial charge is 0.488 e. The fourth-order valence-electron chi connectivity index (χ4n) is 1.49. The number of aliphatic hydroxyl groups excluding tert-OH is 2. The minimum Gasteiger partial charge on any atom is -0.488 e. The molecule has 0 heterocycles. The fraction of sp³-hybridized carbons (Fsp3) is 0.538. The molecule has 1 aromatic carbocycles. The van der Waals surface area contributed by atoms with Crippen LogP contribution in [0.1, 0.15) is 12.8 Å². The van der Waals surface area contributed by atoms with Gasteiger partial charge in [0.25, 0.3) is 0 Å². The number of unbranched alkanes of at least 4 members (excludes halogenated alkanes) is 1. The molecule has 1 unspecified atom stereocenters. The molecule has 0 fully saturated rings. The van der Waals surface area contributed by atoms with Gasteiger partial charge in [-0.25, -0.2) is 0 Å². The average Bonchev–Trinajstić information content (AvgIpc) is 2.38. The summed E-state index contributed by atoms with van der Waals surface area (Å²) in [6.07, 6.45) is 0.997. The van der Waals surface area contributed by atoms with E-state index in [0.29, 0.717) is 22.3 Å². The molecule has 0 aliphatic heterocycles. The Morgan fingerprint density at radius 1 is 1.21 bits per heavy atom. The zero-order valence-corrected chi connectivity index (χ0v) is 12.1. The van der Waals surface area contributed by atoms with Crippen LogP contribution in [0.5, 0.6) is 5.75 Å². The van der Waals surface area contributed by atoms with Gasteiger partial charge in [0, 0.05) is 13.2 Å². The second-order valence-electron chi connectivity index (χ2n) is 4.15. The maximum absolute atomic E-state index is 9.73. The van der Waals surface area contributed by atoms with Gasteiger partial charge in [-0.2, -0.15) is 0 Å². The molecule has 0 saturated carbocycles. The van der Waals surface area contributed by atoms with E-state index in [1.54, 1.807) is 18.2 Å². The third-order valence-corrected chi connectivity index (χ3v) is 3.08. The average molecular weight is 308 g/mol. The Morgan fingerprint density at radius 2 is 1.89 bits per heavy atom. The van der Waals surface area contributed by atoms with Crippen molar-refractivity contribution in [2.24, 2.45) is 0 Å². The Hall–Kier alpha value is -0.520. The molecular weight excluding hydrogens is 289 g/mol. The van der Waals surface area contributed by atoms with Crippen molar-refractivity contribution < 1.29 is 14.9 Å². The molecule has 0 bridgehead atoms.